The van der Waals surface area contributed by atoms with Crippen molar-refractivity contribution in [2.45, 2.75) is 38.1 Å². The molecule has 1 aliphatic carbocycles. The monoisotopic (exact) mass is 295 g/mol. The molecule has 1 saturated carbocycles. The van der Waals surface area contributed by atoms with Crippen LogP contribution in [0.15, 0.2) is 24.3 Å². The number of carboxylic acids is 1. The molecule has 1 N–H and O–H groups in total. The van der Waals surface area contributed by atoms with E-state index >= 15 is 0 Å². The zero-order chi connectivity index (χ0) is 14.5. The van der Waals surface area contributed by atoms with E-state index in [2.05, 4.69) is 0 Å². The summed E-state index contributed by atoms with van der Waals surface area (Å²) in [6, 6.07) is 7.19. The standard InChI is InChI=1S/C15H18ClNO3/c16-12-5-3-4-11(8-12)9-14(18)17(10-15(19)20)13-6-1-2-7-13/h3-5,8,13H,1-2,6-7,9-10H2,(H,19,20). The Kier molecular flexibility index (Phi) is 5.01. The minimum atomic E-state index is -0.962. The highest BCUT2D eigenvalue weighted by molar-refractivity contribution is 6.30. The average Bonchev–Trinajstić information content (AvgIpc) is 2.89. The lowest BCUT2D eigenvalue weighted by Gasteiger charge is -2.27. The summed E-state index contributed by atoms with van der Waals surface area (Å²) in [5, 5.41) is 9.57. The Morgan fingerprint density at radius 1 is 1.30 bits per heavy atom. The highest BCUT2D eigenvalue weighted by atomic mass is 35.5. The summed E-state index contributed by atoms with van der Waals surface area (Å²) < 4.78 is 0. The van der Waals surface area contributed by atoms with Gasteiger partial charge in [0.2, 0.25) is 5.91 Å². The summed E-state index contributed by atoms with van der Waals surface area (Å²) in [4.78, 5) is 24.8. The van der Waals surface area contributed by atoms with Gasteiger partial charge in [0.05, 0.1) is 6.42 Å². The molecule has 0 aromatic heterocycles. The number of carboxylic acid groups (broad SMARTS) is 1. The fourth-order valence-electron chi connectivity index (χ4n) is 2.71. The van der Waals surface area contributed by atoms with E-state index < -0.39 is 5.97 Å². The molecule has 1 aromatic rings. The molecule has 0 spiro atoms. The van der Waals surface area contributed by atoms with E-state index in [0.29, 0.717) is 5.02 Å². The number of carbonyl (C=O) groups excluding carboxylic acids is 1. The predicted octanol–water partition coefficient (Wildman–Crippen LogP) is 2.74. The molecule has 0 unspecified atom stereocenters. The zero-order valence-electron chi connectivity index (χ0n) is 11.2. The third kappa shape index (κ3) is 3.97. The second kappa shape index (κ2) is 6.75. The molecule has 20 heavy (non-hydrogen) atoms. The molecule has 108 valence electrons. The van der Waals surface area contributed by atoms with Crippen molar-refractivity contribution in [1.82, 2.24) is 4.90 Å². The number of aliphatic carboxylic acids is 1. The number of rotatable bonds is 5. The molecule has 0 saturated heterocycles. The third-order valence-corrected chi connectivity index (χ3v) is 3.87. The molecule has 0 atom stereocenters. The number of nitrogens with zero attached hydrogens (tertiary/aromatic N) is 1. The third-order valence-electron chi connectivity index (χ3n) is 3.64. The van der Waals surface area contributed by atoms with Crippen molar-refractivity contribution in [3.8, 4) is 0 Å². The van der Waals surface area contributed by atoms with E-state index in [9.17, 15) is 9.59 Å². The van der Waals surface area contributed by atoms with Crippen LogP contribution in [-0.4, -0.2) is 34.5 Å². The van der Waals surface area contributed by atoms with Crippen molar-refractivity contribution in [2.75, 3.05) is 6.54 Å². The first kappa shape index (κ1) is 14.9. The van der Waals surface area contributed by atoms with E-state index in [1.54, 1.807) is 18.2 Å². The molecular weight excluding hydrogens is 278 g/mol. The smallest absolute Gasteiger partial charge is 0.323 e. The van der Waals surface area contributed by atoms with E-state index in [0.717, 1.165) is 31.2 Å². The molecule has 0 aliphatic heterocycles. The minimum Gasteiger partial charge on any atom is -0.480 e. The van der Waals surface area contributed by atoms with Gasteiger partial charge >= 0.3 is 5.97 Å². The topological polar surface area (TPSA) is 57.6 Å². The maximum absolute atomic E-state index is 12.4. The van der Waals surface area contributed by atoms with Crippen LogP contribution in [0.25, 0.3) is 0 Å². The fourth-order valence-corrected chi connectivity index (χ4v) is 2.92. The van der Waals surface area contributed by atoms with Crippen LogP contribution >= 0.6 is 11.6 Å². The van der Waals surface area contributed by atoms with Crippen LogP contribution in [0, 0.1) is 0 Å². The molecule has 1 aliphatic rings. The van der Waals surface area contributed by atoms with Gasteiger partial charge in [-0.2, -0.15) is 0 Å². The lowest BCUT2D eigenvalue weighted by atomic mass is 10.1. The van der Waals surface area contributed by atoms with Gasteiger partial charge in [0, 0.05) is 11.1 Å². The number of hydrogen-bond donors (Lipinski definition) is 1. The van der Waals surface area contributed by atoms with Crippen LogP contribution in [-0.2, 0) is 16.0 Å². The predicted molar refractivity (Wildman–Crippen MR) is 76.8 cm³/mol. The Labute approximate surface area is 123 Å². The highest BCUT2D eigenvalue weighted by Gasteiger charge is 2.28. The normalized spacial score (nSPS) is 15.2. The van der Waals surface area contributed by atoms with Crippen LogP contribution in [0.5, 0.6) is 0 Å². The van der Waals surface area contributed by atoms with Gasteiger partial charge in [0.25, 0.3) is 0 Å². The second-order valence-corrected chi connectivity index (χ2v) is 5.60. The Morgan fingerprint density at radius 3 is 2.60 bits per heavy atom. The molecular formula is C15H18ClNO3. The zero-order valence-corrected chi connectivity index (χ0v) is 12.0. The summed E-state index contributed by atoms with van der Waals surface area (Å²) >= 11 is 5.90. The Morgan fingerprint density at radius 2 is 2.00 bits per heavy atom. The number of benzene rings is 1. The first-order valence-electron chi connectivity index (χ1n) is 6.82. The SMILES string of the molecule is O=C(O)CN(C(=O)Cc1cccc(Cl)c1)C1CCCC1. The van der Waals surface area contributed by atoms with Crippen LogP contribution < -0.4 is 0 Å². The van der Waals surface area contributed by atoms with Gasteiger partial charge in [-0.25, -0.2) is 0 Å². The maximum atomic E-state index is 12.4. The quantitative estimate of drug-likeness (QED) is 0.908. The molecule has 5 heteroatoms. The molecule has 1 fully saturated rings. The van der Waals surface area contributed by atoms with Crippen LogP contribution in [0.1, 0.15) is 31.2 Å². The van der Waals surface area contributed by atoms with Gasteiger partial charge in [0.15, 0.2) is 0 Å². The lowest BCUT2D eigenvalue weighted by Crippen LogP contribution is -2.43. The fraction of sp³-hybridized carbons (Fsp3) is 0.467. The van der Waals surface area contributed by atoms with Crippen LogP contribution in [0.3, 0.4) is 0 Å². The molecule has 0 bridgehead atoms. The summed E-state index contributed by atoms with van der Waals surface area (Å²) in [7, 11) is 0. The first-order valence-corrected chi connectivity index (χ1v) is 7.20. The van der Waals surface area contributed by atoms with Crippen LogP contribution in [0.4, 0.5) is 0 Å². The molecule has 2 rings (SSSR count). The molecule has 1 amide bonds. The van der Waals surface area contributed by atoms with Crippen molar-refractivity contribution >= 4 is 23.5 Å². The van der Waals surface area contributed by atoms with Gasteiger partial charge in [-0.05, 0) is 30.5 Å². The number of carbonyl (C=O) groups is 2. The number of halogens is 1. The van der Waals surface area contributed by atoms with E-state index in [1.165, 1.54) is 4.90 Å². The maximum Gasteiger partial charge on any atom is 0.323 e. The van der Waals surface area contributed by atoms with Gasteiger partial charge in [-0.1, -0.05) is 36.6 Å². The second-order valence-electron chi connectivity index (χ2n) is 5.16. The first-order chi connectivity index (χ1) is 9.56. The lowest BCUT2D eigenvalue weighted by molar-refractivity contribution is -0.145. The van der Waals surface area contributed by atoms with Gasteiger partial charge in [-0.3, -0.25) is 9.59 Å². The highest BCUT2D eigenvalue weighted by Crippen LogP contribution is 2.24. The Bertz CT molecular complexity index is 498. The minimum absolute atomic E-state index is 0.0674. The van der Waals surface area contributed by atoms with Gasteiger partial charge in [-0.15, -0.1) is 0 Å². The molecule has 4 nitrogen and oxygen atoms in total. The van der Waals surface area contributed by atoms with Crippen molar-refractivity contribution in [3.63, 3.8) is 0 Å². The van der Waals surface area contributed by atoms with Crippen LogP contribution in [0.2, 0.25) is 5.02 Å². The summed E-state index contributed by atoms with van der Waals surface area (Å²) in [5.74, 6) is -1.10. The van der Waals surface area contributed by atoms with E-state index in [1.807, 2.05) is 6.07 Å². The van der Waals surface area contributed by atoms with Crippen molar-refractivity contribution in [3.05, 3.63) is 34.9 Å². The average molecular weight is 296 g/mol. The summed E-state index contributed by atoms with van der Waals surface area (Å²) in [6.45, 7) is -0.218. The summed E-state index contributed by atoms with van der Waals surface area (Å²) in [6.07, 6.45) is 4.12. The number of hydrogen-bond acceptors (Lipinski definition) is 2. The van der Waals surface area contributed by atoms with E-state index in [-0.39, 0.29) is 24.9 Å². The van der Waals surface area contributed by atoms with Crippen molar-refractivity contribution < 1.29 is 14.7 Å². The van der Waals surface area contributed by atoms with Crippen molar-refractivity contribution in [1.29, 1.82) is 0 Å². The molecule has 1 aromatic carbocycles. The van der Waals surface area contributed by atoms with Gasteiger partial charge in [0.1, 0.15) is 6.54 Å². The summed E-state index contributed by atoms with van der Waals surface area (Å²) in [5.41, 5.74) is 0.816. The molecule has 0 radical (unpaired) electrons. The van der Waals surface area contributed by atoms with Gasteiger partial charge < -0.3 is 10.0 Å². The number of amides is 1. The Hall–Kier alpha value is -1.55. The van der Waals surface area contributed by atoms with E-state index in [4.69, 9.17) is 16.7 Å². The Balaban J connectivity index is 2.07. The largest absolute Gasteiger partial charge is 0.480 e. The molecule has 0 heterocycles. The van der Waals surface area contributed by atoms with Crippen molar-refractivity contribution in [2.24, 2.45) is 0 Å².